The van der Waals surface area contributed by atoms with Crippen molar-refractivity contribution in [2.24, 2.45) is 4.99 Å². The summed E-state index contributed by atoms with van der Waals surface area (Å²) in [5, 5.41) is 0. The third-order valence-corrected chi connectivity index (χ3v) is 1.73. The number of aliphatic imine (C=N–C) groups is 1. The van der Waals surface area contributed by atoms with Crippen molar-refractivity contribution in [1.29, 1.82) is 0 Å². The minimum atomic E-state index is -0.539. The van der Waals surface area contributed by atoms with Gasteiger partial charge in [0.05, 0.1) is 0 Å². The number of rotatable bonds is 1. The molecular formula is C7H3BrFNO. The molecule has 11 heavy (non-hydrogen) atoms. The molecule has 1 rings (SSSR count). The van der Waals surface area contributed by atoms with Gasteiger partial charge >= 0.3 is 0 Å². The fourth-order valence-electron chi connectivity index (χ4n) is 0.641. The maximum Gasteiger partial charge on any atom is 0.240 e. The van der Waals surface area contributed by atoms with Crippen molar-refractivity contribution in [1.82, 2.24) is 0 Å². The summed E-state index contributed by atoms with van der Waals surface area (Å²) in [7, 11) is 0. The van der Waals surface area contributed by atoms with Gasteiger partial charge in [-0.3, -0.25) is 0 Å². The van der Waals surface area contributed by atoms with Crippen LogP contribution in [0.3, 0.4) is 0 Å². The Labute approximate surface area is 70.9 Å². The van der Waals surface area contributed by atoms with E-state index in [9.17, 15) is 9.18 Å². The van der Waals surface area contributed by atoms with Gasteiger partial charge in [0.2, 0.25) is 6.08 Å². The van der Waals surface area contributed by atoms with E-state index in [1.807, 2.05) is 0 Å². The van der Waals surface area contributed by atoms with Crippen LogP contribution in [0.5, 0.6) is 0 Å². The third-order valence-electron chi connectivity index (χ3n) is 1.09. The van der Waals surface area contributed by atoms with Gasteiger partial charge in [0.25, 0.3) is 0 Å². The maximum atomic E-state index is 12.7. The third kappa shape index (κ3) is 1.73. The van der Waals surface area contributed by atoms with Crippen molar-refractivity contribution in [2.75, 3.05) is 0 Å². The van der Waals surface area contributed by atoms with Crippen molar-refractivity contribution in [3.63, 3.8) is 0 Å². The molecule has 0 spiro atoms. The van der Waals surface area contributed by atoms with Crippen LogP contribution in [-0.4, -0.2) is 6.08 Å². The molecule has 0 radical (unpaired) electrons. The van der Waals surface area contributed by atoms with Gasteiger partial charge in [-0.15, -0.1) is 0 Å². The van der Waals surface area contributed by atoms with E-state index in [2.05, 4.69) is 20.9 Å². The highest BCUT2D eigenvalue weighted by Gasteiger charge is 2.03. The van der Waals surface area contributed by atoms with Gasteiger partial charge in [0.1, 0.15) is 5.69 Å². The maximum absolute atomic E-state index is 12.7. The van der Waals surface area contributed by atoms with Crippen LogP contribution in [-0.2, 0) is 4.79 Å². The van der Waals surface area contributed by atoms with Crippen LogP contribution in [0.2, 0.25) is 0 Å². The molecule has 0 N–H and O–H groups in total. The van der Waals surface area contributed by atoms with Crippen LogP contribution in [0.25, 0.3) is 0 Å². The van der Waals surface area contributed by atoms with Gasteiger partial charge in [0, 0.05) is 4.47 Å². The van der Waals surface area contributed by atoms with Crippen molar-refractivity contribution < 1.29 is 9.18 Å². The topological polar surface area (TPSA) is 29.4 Å². The lowest BCUT2D eigenvalue weighted by Gasteiger charge is -1.95. The number of carbonyl (C=O) groups excluding carboxylic acids is 1. The molecule has 0 atom stereocenters. The summed E-state index contributed by atoms with van der Waals surface area (Å²) in [6.45, 7) is 0. The average Bonchev–Trinajstić information content (AvgIpc) is 1.97. The summed E-state index contributed by atoms with van der Waals surface area (Å²) >= 11 is 3.04. The summed E-state index contributed by atoms with van der Waals surface area (Å²) in [5.74, 6) is -0.539. The molecule has 0 heterocycles. The predicted octanol–water partition coefficient (Wildman–Crippen LogP) is 2.56. The Hall–Kier alpha value is -0.990. The molecule has 56 valence electrons. The molecule has 0 bridgehead atoms. The summed E-state index contributed by atoms with van der Waals surface area (Å²) in [6.07, 6.45) is 1.27. The number of hydrogen-bond acceptors (Lipinski definition) is 2. The lowest BCUT2D eigenvalue weighted by Crippen LogP contribution is -1.75. The smallest absolute Gasteiger partial charge is 0.211 e. The monoisotopic (exact) mass is 215 g/mol. The zero-order chi connectivity index (χ0) is 8.27. The van der Waals surface area contributed by atoms with Crippen LogP contribution in [0.1, 0.15) is 0 Å². The second-order valence-corrected chi connectivity index (χ2v) is 2.63. The van der Waals surface area contributed by atoms with E-state index in [1.165, 1.54) is 18.2 Å². The van der Waals surface area contributed by atoms with Gasteiger partial charge in [-0.05, 0) is 28.1 Å². The zero-order valence-corrected chi connectivity index (χ0v) is 6.93. The highest BCUT2D eigenvalue weighted by molar-refractivity contribution is 9.10. The fraction of sp³-hybridized carbons (Fsp3) is 0. The van der Waals surface area contributed by atoms with Gasteiger partial charge in [-0.2, -0.15) is 4.99 Å². The Morgan fingerprint density at radius 3 is 2.82 bits per heavy atom. The number of para-hydroxylation sites is 1. The summed E-state index contributed by atoms with van der Waals surface area (Å²) in [4.78, 5) is 13.0. The Kier molecular flexibility index (Phi) is 2.52. The summed E-state index contributed by atoms with van der Waals surface area (Å²) in [6, 6.07) is 4.34. The van der Waals surface area contributed by atoms with Crippen molar-refractivity contribution in [2.45, 2.75) is 0 Å². The van der Waals surface area contributed by atoms with Gasteiger partial charge < -0.3 is 0 Å². The lowest BCUT2D eigenvalue weighted by molar-refractivity contribution is 0.564. The van der Waals surface area contributed by atoms with E-state index >= 15 is 0 Å². The normalized spacial score (nSPS) is 8.91. The number of halogens is 2. The minimum absolute atomic E-state index is 0.0116. The first kappa shape index (κ1) is 8.11. The van der Waals surface area contributed by atoms with E-state index < -0.39 is 5.82 Å². The van der Waals surface area contributed by atoms with Crippen molar-refractivity contribution in [3.8, 4) is 0 Å². The van der Waals surface area contributed by atoms with E-state index in [0.29, 0.717) is 4.47 Å². The van der Waals surface area contributed by atoms with E-state index in [4.69, 9.17) is 0 Å². The molecular weight excluding hydrogens is 213 g/mol. The number of benzene rings is 1. The fourth-order valence-corrected chi connectivity index (χ4v) is 1.07. The highest BCUT2D eigenvalue weighted by Crippen LogP contribution is 2.27. The summed E-state index contributed by atoms with van der Waals surface area (Å²) in [5.41, 5.74) is -0.0116. The van der Waals surface area contributed by atoms with Crippen molar-refractivity contribution >= 4 is 27.7 Å². The lowest BCUT2D eigenvalue weighted by atomic mass is 10.3. The molecule has 1 aromatic rings. The largest absolute Gasteiger partial charge is 0.240 e. The SMILES string of the molecule is O=C=Nc1c(F)cccc1Br. The molecule has 0 saturated heterocycles. The molecule has 0 aliphatic carbocycles. The molecule has 4 heteroatoms. The Balaban J connectivity index is 3.31. The number of isocyanates is 1. The molecule has 0 fully saturated rings. The van der Waals surface area contributed by atoms with E-state index in [0.717, 1.165) is 0 Å². The molecule has 2 nitrogen and oxygen atoms in total. The molecule has 1 aromatic carbocycles. The number of nitrogens with zero attached hydrogens (tertiary/aromatic N) is 1. The highest BCUT2D eigenvalue weighted by atomic mass is 79.9. The van der Waals surface area contributed by atoms with Crippen molar-refractivity contribution in [3.05, 3.63) is 28.5 Å². The Morgan fingerprint density at radius 2 is 2.27 bits per heavy atom. The standard InChI is InChI=1S/C7H3BrFNO/c8-5-2-1-3-6(9)7(5)10-4-11/h1-3H. The van der Waals surface area contributed by atoms with Crippen LogP contribution >= 0.6 is 15.9 Å². The van der Waals surface area contributed by atoms with Gasteiger partial charge in [0.15, 0.2) is 5.82 Å². The van der Waals surface area contributed by atoms with Crippen LogP contribution in [0.15, 0.2) is 27.7 Å². The second kappa shape index (κ2) is 3.42. The molecule has 0 unspecified atom stereocenters. The molecule has 0 aromatic heterocycles. The van der Waals surface area contributed by atoms with E-state index in [1.54, 1.807) is 6.07 Å². The zero-order valence-electron chi connectivity index (χ0n) is 5.34. The molecule has 0 aliphatic heterocycles. The predicted molar refractivity (Wildman–Crippen MR) is 41.9 cm³/mol. The first-order valence-corrected chi connectivity index (χ1v) is 3.57. The van der Waals surface area contributed by atoms with Crippen LogP contribution in [0, 0.1) is 5.82 Å². The van der Waals surface area contributed by atoms with Gasteiger partial charge in [-0.1, -0.05) is 6.07 Å². The quantitative estimate of drug-likeness (QED) is 0.523. The average molecular weight is 216 g/mol. The minimum Gasteiger partial charge on any atom is -0.211 e. The first-order valence-electron chi connectivity index (χ1n) is 2.77. The van der Waals surface area contributed by atoms with Crippen LogP contribution < -0.4 is 0 Å². The second-order valence-electron chi connectivity index (χ2n) is 1.77. The molecule has 0 saturated carbocycles. The van der Waals surface area contributed by atoms with Gasteiger partial charge in [-0.25, -0.2) is 9.18 Å². The Morgan fingerprint density at radius 1 is 1.55 bits per heavy atom. The molecule has 0 amide bonds. The van der Waals surface area contributed by atoms with Crippen LogP contribution in [0.4, 0.5) is 10.1 Å². The first-order chi connectivity index (χ1) is 5.25. The molecule has 0 aliphatic rings. The Bertz CT molecular complexity index is 300. The summed E-state index contributed by atoms with van der Waals surface area (Å²) < 4.78 is 13.2. The number of hydrogen-bond donors (Lipinski definition) is 0. The van der Waals surface area contributed by atoms with E-state index in [-0.39, 0.29) is 5.69 Å².